The molecule has 0 fully saturated rings. The smallest absolute Gasteiger partial charge is 0.288 e. The number of halogens is 1. The third-order valence-corrected chi connectivity index (χ3v) is 5.17. The lowest BCUT2D eigenvalue weighted by Crippen LogP contribution is -3.00. The van der Waals surface area contributed by atoms with Gasteiger partial charge < -0.3 is 17.0 Å². The van der Waals surface area contributed by atoms with Crippen molar-refractivity contribution in [2.75, 3.05) is 20.6 Å². The SMILES string of the molecule is C=CC(=O)N[N+](C)(C)CCCCCCCCCCCCCCCCCC.[Br-]. The van der Waals surface area contributed by atoms with Crippen LogP contribution >= 0.6 is 0 Å². The molecule has 1 N–H and O–H groups in total. The lowest BCUT2D eigenvalue weighted by Gasteiger charge is -2.28. The zero-order valence-electron chi connectivity index (χ0n) is 18.5. The highest BCUT2D eigenvalue weighted by molar-refractivity contribution is 5.85. The Hall–Kier alpha value is -0.350. The van der Waals surface area contributed by atoms with Gasteiger partial charge in [-0.05, 0) is 12.8 Å². The maximum atomic E-state index is 11.4. The molecule has 27 heavy (non-hydrogen) atoms. The molecule has 0 aliphatic heterocycles. The summed E-state index contributed by atoms with van der Waals surface area (Å²) in [5.74, 6) is -0.0912. The van der Waals surface area contributed by atoms with E-state index in [2.05, 4.69) is 18.9 Å². The molecule has 0 saturated carbocycles. The van der Waals surface area contributed by atoms with Crippen LogP contribution in [0, 0.1) is 0 Å². The Kier molecular flexibility index (Phi) is 21.8. The standard InChI is InChI=1S/C23H46N2O.BrH/c1-5-7-8-9-10-11-12-13-14-15-16-17-18-19-20-21-22-25(3,4)24-23(26)6-2;/h6H,2,5,7-22H2,1,3-4H3;1H. The van der Waals surface area contributed by atoms with E-state index in [4.69, 9.17) is 0 Å². The minimum absolute atomic E-state index is 0. The molecule has 0 spiro atoms. The molecule has 0 radical (unpaired) electrons. The second-order valence-corrected chi connectivity index (χ2v) is 8.39. The van der Waals surface area contributed by atoms with Gasteiger partial charge in [-0.2, -0.15) is 5.43 Å². The first-order chi connectivity index (χ1) is 12.5. The van der Waals surface area contributed by atoms with Crippen molar-refractivity contribution in [2.24, 2.45) is 0 Å². The summed E-state index contributed by atoms with van der Waals surface area (Å²) in [5, 5.41) is 0. The van der Waals surface area contributed by atoms with Crippen LogP contribution in [0.25, 0.3) is 0 Å². The van der Waals surface area contributed by atoms with E-state index in [1.165, 1.54) is 109 Å². The van der Waals surface area contributed by atoms with Gasteiger partial charge in [-0.15, -0.1) is 0 Å². The Morgan fingerprint density at radius 3 is 1.41 bits per heavy atom. The summed E-state index contributed by atoms with van der Waals surface area (Å²) in [6, 6.07) is 0. The highest BCUT2D eigenvalue weighted by atomic mass is 79.9. The van der Waals surface area contributed by atoms with Crippen LogP contribution in [0.15, 0.2) is 12.7 Å². The van der Waals surface area contributed by atoms with Gasteiger partial charge in [0.15, 0.2) is 0 Å². The number of rotatable bonds is 19. The maximum absolute atomic E-state index is 11.4. The third kappa shape index (κ3) is 21.8. The summed E-state index contributed by atoms with van der Waals surface area (Å²) in [6.45, 7) is 6.77. The molecule has 0 aromatic carbocycles. The van der Waals surface area contributed by atoms with E-state index in [0.29, 0.717) is 4.59 Å². The molecule has 0 unspecified atom stereocenters. The molecule has 0 aromatic rings. The largest absolute Gasteiger partial charge is 1.00 e. The van der Waals surface area contributed by atoms with Gasteiger partial charge in [0.2, 0.25) is 0 Å². The van der Waals surface area contributed by atoms with Crippen molar-refractivity contribution in [3.63, 3.8) is 0 Å². The van der Waals surface area contributed by atoms with Crippen LogP contribution in [0.2, 0.25) is 0 Å². The van der Waals surface area contributed by atoms with Crippen LogP contribution in [0.5, 0.6) is 0 Å². The van der Waals surface area contributed by atoms with Gasteiger partial charge >= 0.3 is 0 Å². The Labute approximate surface area is 180 Å². The minimum atomic E-state index is -0.0912. The van der Waals surface area contributed by atoms with Gasteiger partial charge in [-0.25, -0.2) is 4.59 Å². The maximum Gasteiger partial charge on any atom is 0.288 e. The molecule has 0 aliphatic carbocycles. The number of hydrogen-bond donors (Lipinski definition) is 1. The van der Waals surface area contributed by atoms with Crippen molar-refractivity contribution >= 4 is 5.91 Å². The number of unbranched alkanes of at least 4 members (excludes halogenated alkanes) is 15. The fraction of sp³-hybridized carbons (Fsp3) is 0.870. The number of hydrogen-bond acceptors (Lipinski definition) is 1. The van der Waals surface area contributed by atoms with Crippen LogP contribution in [0.4, 0.5) is 0 Å². The zero-order chi connectivity index (χ0) is 19.5. The lowest BCUT2D eigenvalue weighted by molar-refractivity contribution is -0.925. The molecule has 0 aliphatic rings. The van der Waals surface area contributed by atoms with Gasteiger partial charge in [-0.1, -0.05) is 103 Å². The first kappa shape index (κ1) is 28.9. The summed E-state index contributed by atoms with van der Waals surface area (Å²) in [6.07, 6.45) is 23.6. The van der Waals surface area contributed by atoms with E-state index in [1.54, 1.807) is 0 Å². The van der Waals surface area contributed by atoms with Crippen LogP contribution < -0.4 is 22.4 Å². The van der Waals surface area contributed by atoms with E-state index >= 15 is 0 Å². The van der Waals surface area contributed by atoms with Crippen molar-refractivity contribution in [3.8, 4) is 0 Å². The summed E-state index contributed by atoms with van der Waals surface area (Å²) < 4.78 is 0.545. The second kappa shape index (κ2) is 20.4. The average molecular weight is 448 g/mol. The Balaban J connectivity index is 0. The quantitative estimate of drug-likeness (QED) is 0.140. The lowest BCUT2D eigenvalue weighted by atomic mass is 10.0. The normalized spacial score (nSPS) is 11.1. The van der Waals surface area contributed by atoms with E-state index in [-0.39, 0.29) is 22.9 Å². The number of carbonyl (C=O) groups is 1. The van der Waals surface area contributed by atoms with Gasteiger partial charge in [-0.3, -0.25) is 4.79 Å². The molecule has 0 heterocycles. The molecule has 0 rings (SSSR count). The second-order valence-electron chi connectivity index (χ2n) is 8.39. The molecule has 3 nitrogen and oxygen atoms in total. The Morgan fingerprint density at radius 2 is 1.07 bits per heavy atom. The summed E-state index contributed by atoms with van der Waals surface area (Å²) >= 11 is 0. The topological polar surface area (TPSA) is 29.1 Å². The van der Waals surface area contributed by atoms with Gasteiger partial charge in [0, 0.05) is 6.08 Å². The van der Waals surface area contributed by atoms with Crippen molar-refractivity contribution in [3.05, 3.63) is 12.7 Å². The predicted octanol–water partition coefficient (Wildman–Crippen LogP) is 3.55. The molecule has 162 valence electrons. The number of nitrogens with one attached hydrogen (secondary N) is 1. The zero-order valence-corrected chi connectivity index (χ0v) is 20.1. The van der Waals surface area contributed by atoms with Crippen LogP contribution in [0.3, 0.4) is 0 Å². The number of carbonyl (C=O) groups excluding carboxylic acids is 1. The van der Waals surface area contributed by atoms with E-state index in [1.807, 2.05) is 14.1 Å². The highest BCUT2D eigenvalue weighted by Crippen LogP contribution is 2.13. The minimum Gasteiger partial charge on any atom is -1.00 e. The molecule has 0 bridgehead atoms. The van der Waals surface area contributed by atoms with E-state index in [0.717, 1.165) is 6.54 Å². The van der Waals surface area contributed by atoms with Crippen molar-refractivity contribution in [2.45, 2.75) is 110 Å². The highest BCUT2D eigenvalue weighted by Gasteiger charge is 2.16. The van der Waals surface area contributed by atoms with Crippen LogP contribution in [0.1, 0.15) is 110 Å². The molecule has 0 atom stereocenters. The third-order valence-electron chi connectivity index (χ3n) is 5.17. The number of quaternary nitrogens is 1. The van der Waals surface area contributed by atoms with Crippen molar-refractivity contribution in [1.29, 1.82) is 0 Å². The summed E-state index contributed by atoms with van der Waals surface area (Å²) in [5.41, 5.74) is 2.94. The predicted molar refractivity (Wildman–Crippen MR) is 115 cm³/mol. The molecule has 4 heteroatoms. The first-order valence-corrected chi connectivity index (χ1v) is 11.3. The molecule has 0 aromatic heterocycles. The van der Waals surface area contributed by atoms with E-state index < -0.39 is 0 Å². The van der Waals surface area contributed by atoms with Crippen LogP contribution in [-0.4, -0.2) is 31.1 Å². The fourth-order valence-electron chi connectivity index (χ4n) is 3.46. The Morgan fingerprint density at radius 1 is 0.741 bits per heavy atom. The van der Waals surface area contributed by atoms with Gasteiger partial charge in [0.05, 0.1) is 14.1 Å². The number of amides is 1. The summed E-state index contributed by atoms with van der Waals surface area (Å²) in [4.78, 5) is 11.4. The molecular formula is C23H47BrN2O. The Bertz CT molecular complexity index is 345. The van der Waals surface area contributed by atoms with Gasteiger partial charge in [0.1, 0.15) is 6.54 Å². The molecule has 0 saturated heterocycles. The average Bonchev–Trinajstić information content (AvgIpc) is 2.60. The summed E-state index contributed by atoms with van der Waals surface area (Å²) in [7, 11) is 4.07. The number of nitrogens with zero attached hydrogens (tertiary/aromatic N) is 1. The van der Waals surface area contributed by atoms with Crippen molar-refractivity contribution < 1.29 is 26.4 Å². The van der Waals surface area contributed by atoms with Crippen LogP contribution in [-0.2, 0) is 4.79 Å². The van der Waals surface area contributed by atoms with E-state index in [9.17, 15) is 4.79 Å². The fourth-order valence-corrected chi connectivity index (χ4v) is 3.46. The van der Waals surface area contributed by atoms with Gasteiger partial charge in [0.25, 0.3) is 5.91 Å². The first-order valence-electron chi connectivity index (χ1n) is 11.3. The monoisotopic (exact) mass is 446 g/mol. The molecular weight excluding hydrogens is 400 g/mol. The molecule has 1 amide bonds. The van der Waals surface area contributed by atoms with Crippen molar-refractivity contribution in [1.82, 2.24) is 5.43 Å².